The maximum absolute atomic E-state index is 12.5. The van der Waals surface area contributed by atoms with Gasteiger partial charge in [0, 0.05) is 13.1 Å². The van der Waals surface area contributed by atoms with Gasteiger partial charge < -0.3 is 10.1 Å². The Labute approximate surface area is 128 Å². The van der Waals surface area contributed by atoms with Crippen LogP contribution in [0.5, 0.6) is 0 Å². The number of piperidine rings is 1. The molecule has 122 valence electrons. The Morgan fingerprint density at radius 1 is 1.23 bits per heavy atom. The zero-order valence-electron chi connectivity index (χ0n) is 12.9. The predicted molar refractivity (Wildman–Crippen MR) is 82.3 cm³/mol. The molecular weight excluding hydrogens is 286 g/mol. The van der Waals surface area contributed by atoms with E-state index in [9.17, 15) is 19.5 Å². The van der Waals surface area contributed by atoms with Crippen molar-refractivity contribution in [3.63, 3.8) is 0 Å². The minimum atomic E-state index is -1.26. The van der Waals surface area contributed by atoms with Gasteiger partial charge >= 0.3 is 11.7 Å². The number of hydrogen-bond donors (Lipinski definition) is 2. The molecule has 0 saturated carbocycles. The first-order valence-corrected chi connectivity index (χ1v) is 7.86. The minimum Gasteiger partial charge on any atom is -0.477 e. The second-order valence-corrected chi connectivity index (χ2v) is 5.74. The molecule has 2 rings (SSSR count). The highest BCUT2D eigenvalue weighted by molar-refractivity contribution is 5.86. The van der Waals surface area contributed by atoms with Crippen LogP contribution in [0, 0.1) is 0 Å². The molecule has 1 aromatic heterocycles. The zero-order chi connectivity index (χ0) is 16.1. The molecule has 0 unspecified atom stereocenters. The molecule has 0 bridgehead atoms. The van der Waals surface area contributed by atoms with Crippen LogP contribution in [-0.2, 0) is 13.1 Å². The summed E-state index contributed by atoms with van der Waals surface area (Å²) in [7, 11) is 0. The molecule has 1 aliphatic rings. The number of rotatable bonds is 6. The Bertz CT molecular complexity index is 641. The maximum Gasteiger partial charge on any atom is 0.352 e. The van der Waals surface area contributed by atoms with Gasteiger partial charge in [0.25, 0.3) is 5.56 Å². The predicted octanol–water partition coefficient (Wildman–Crippen LogP) is 1.02. The van der Waals surface area contributed by atoms with Gasteiger partial charge in [0.1, 0.15) is 5.69 Å². The second-order valence-electron chi connectivity index (χ2n) is 5.74. The quantitative estimate of drug-likeness (QED) is 0.818. The lowest BCUT2D eigenvalue weighted by atomic mass is 10.1. The molecule has 1 aromatic rings. The van der Waals surface area contributed by atoms with Crippen LogP contribution in [0.1, 0.15) is 55.1 Å². The third-order valence-corrected chi connectivity index (χ3v) is 4.06. The summed E-state index contributed by atoms with van der Waals surface area (Å²) >= 11 is 0. The number of likely N-dealkylation sites (tertiary alicyclic amines) is 1. The van der Waals surface area contributed by atoms with Crippen molar-refractivity contribution < 1.29 is 9.90 Å². The van der Waals surface area contributed by atoms with Crippen LogP contribution >= 0.6 is 0 Å². The molecule has 2 N–H and O–H groups in total. The number of carboxylic acids is 1. The van der Waals surface area contributed by atoms with Gasteiger partial charge in [0.15, 0.2) is 0 Å². The molecule has 0 radical (unpaired) electrons. The largest absolute Gasteiger partial charge is 0.477 e. The lowest BCUT2D eigenvalue weighted by Crippen LogP contribution is -2.42. The van der Waals surface area contributed by atoms with E-state index in [1.807, 2.05) is 6.92 Å². The molecular formula is C15H23N3O4. The number of unbranched alkanes of at least 4 members (excludes halogenated alkanes) is 1. The van der Waals surface area contributed by atoms with Gasteiger partial charge in [-0.2, -0.15) is 0 Å². The fourth-order valence-corrected chi connectivity index (χ4v) is 2.80. The molecule has 7 heteroatoms. The van der Waals surface area contributed by atoms with Gasteiger partial charge in [-0.1, -0.05) is 19.8 Å². The number of hydrogen-bond acceptors (Lipinski definition) is 4. The van der Waals surface area contributed by atoms with Crippen molar-refractivity contribution in [1.29, 1.82) is 0 Å². The number of aromatic carboxylic acids is 1. The first-order chi connectivity index (χ1) is 10.5. The van der Waals surface area contributed by atoms with E-state index in [1.54, 1.807) is 0 Å². The van der Waals surface area contributed by atoms with Crippen LogP contribution in [0.25, 0.3) is 0 Å². The topological polar surface area (TPSA) is 95.4 Å². The van der Waals surface area contributed by atoms with E-state index in [0.29, 0.717) is 13.0 Å². The van der Waals surface area contributed by atoms with E-state index in [1.165, 1.54) is 0 Å². The molecule has 2 heterocycles. The fraction of sp³-hybridized carbons (Fsp3) is 0.667. The lowest BCUT2D eigenvalue weighted by Gasteiger charge is -2.26. The molecule has 0 aromatic carbocycles. The normalized spacial score (nSPS) is 15.9. The number of carboxylic acid groups (broad SMARTS) is 1. The summed E-state index contributed by atoms with van der Waals surface area (Å²) in [6.07, 6.45) is 4.83. The van der Waals surface area contributed by atoms with Gasteiger partial charge in [-0.05, 0) is 32.4 Å². The van der Waals surface area contributed by atoms with Gasteiger partial charge in [0.2, 0.25) is 0 Å². The van der Waals surface area contributed by atoms with Crippen molar-refractivity contribution in [3.05, 3.63) is 32.1 Å². The van der Waals surface area contributed by atoms with Crippen LogP contribution in [0.15, 0.2) is 9.59 Å². The van der Waals surface area contributed by atoms with E-state index in [0.717, 1.165) is 43.3 Å². The SMILES string of the molecule is CCCCn1c(=O)[nH]c(C(=O)O)c(CN2CCCCC2)c1=O. The minimum absolute atomic E-state index is 0.185. The average molecular weight is 309 g/mol. The molecule has 0 spiro atoms. The summed E-state index contributed by atoms with van der Waals surface area (Å²) in [4.78, 5) is 40.3. The molecule has 0 aliphatic carbocycles. The summed E-state index contributed by atoms with van der Waals surface area (Å²) in [5.74, 6) is -1.26. The lowest BCUT2D eigenvalue weighted by molar-refractivity contribution is 0.0686. The Hall–Kier alpha value is -1.89. The van der Waals surface area contributed by atoms with Crippen molar-refractivity contribution in [2.45, 2.75) is 52.1 Å². The summed E-state index contributed by atoms with van der Waals surface area (Å²) in [5.41, 5.74) is -1.20. The smallest absolute Gasteiger partial charge is 0.352 e. The molecule has 1 fully saturated rings. The fourth-order valence-electron chi connectivity index (χ4n) is 2.80. The Kier molecular flexibility index (Phi) is 5.54. The van der Waals surface area contributed by atoms with Crippen LogP contribution < -0.4 is 11.2 Å². The number of nitrogens with one attached hydrogen (secondary N) is 1. The highest BCUT2D eigenvalue weighted by Gasteiger charge is 2.21. The standard InChI is InChI=1S/C15H23N3O4/c1-2-3-9-18-13(19)11(10-17-7-5-4-6-8-17)12(14(20)21)16-15(18)22/h2-10H2,1H3,(H,16,22)(H,20,21). The van der Waals surface area contributed by atoms with Crippen molar-refractivity contribution in [2.75, 3.05) is 13.1 Å². The van der Waals surface area contributed by atoms with E-state index in [-0.39, 0.29) is 17.8 Å². The summed E-state index contributed by atoms with van der Waals surface area (Å²) in [6, 6.07) is 0. The Morgan fingerprint density at radius 3 is 2.50 bits per heavy atom. The van der Waals surface area contributed by atoms with Crippen LogP contribution in [0.3, 0.4) is 0 Å². The highest BCUT2D eigenvalue weighted by Crippen LogP contribution is 2.12. The first kappa shape index (κ1) is 16.5. The molecule has 0 atom stereocenters. The molecule has 1 aliphatic heterocycles. The van der Waals surface area contributed by atoms with E-state index in [4.69, 9.17) is 0 Å². The summed E-state index contributed by atoms with van der Waals surface area (Å²) < 4.78 is 1.12. The number of carbonyl (C=O) groups is 1. The van der Waals surface area contributed by atoms with Crippen LogP contribution in [-0.4, -0.2) is 38.6 Å². The van der Waals surface area contributed by atoms with Crippen molar-refractivity contribution >= 4 is 5.97 Å². The van der Waals surface area contributed by atoms with Gasteiger partial charge in [-0.15, -0.1) is 0 Å². The number of nitrogens with zero attached hydrogens (tertiary/aromatic N) is 2. The Morgan fingerprint density at radius 2 is 1.91 bits per heavy atom. The molecule has 7 nitrogen and oxygen atoms in total. The second kappa shape index (κ2) is 7.40. The third kappa shape index (κ3) is 3.65. The summed E-state index contributed by atoms with van der Waals surface area (Å²) in [5, 5.41) is 9.27. The molecule has 1 saturated heterocycles. The molecule has 22 heavy (non-hydrogen) atoms. The van der Waals surface area contributed by atoms with E-state index in [2.05, 4.69) is 9.88 Å². The third-order valence-electron chi connectivity index (χ3n) is 4.06. The van der Waals surface area contributed by atoms with Crippen LogP contribution in [0.2, 0.25) is 0 Å². The average Bonchev–Trinajstić information content (AvgIpc) is 2.50. The van der Waals surface area contributed by atoms with Crippen molar-refractivity contribution in [1.82, 2.24) is 14.5 Å². The maximum atomic E-state index is 12.5. The van der Waals surface area contributed by atoms with Crippen molar-refractivity contribution in [2.24, 2.45) is 0 Å². The van der Waals surface area contributed by atoms with E-state index >= 15 is 0 Å². The van der Waals surface area contributed by atoms with Gasteiger partial charge in [0.05, 0.1) is 5.56 Å². The van der Waals surface area contributed by atoms with Crippen LogP contribution in [0.4, 0.5) is 0 Å². The van der Waals surface area contributed by atoms with Gasteiger partial charge in [-0.25, -0.2) is 9.59 Å². The highest BCUT2D eigenvalue weighted by atomic mass is 16.4. The molecule has 0 amide bonds. The number of aromatic amines is 1. The number of aromatic nitrogens is 2. The summed E-state index contributed by atoms with van der Waals surface area (Å²) in [6.45, 7) is 4.28. The van der Waals surface area contributed by atoms with Gasteiger partial charge in [-0.3, -0.25) is 14.3 Å². The Balaban J connectivity index is 2.41. The zero-order valence-corrected chi connectivity index (χ0v) is 12.9. The number of H-pyrrole nitrogens is 1. The first-order valence-electron chi connectivity index (χ1n) is 7.86. The monoisotopic (exact) mass is 309 g/mol. The van der Waals surface area contributed by atoms with Crippen molar-refractivity contribution in [3.8, 4) is 0 Å². The van der Waals surface area contributed by atoms with E-state index < -0.39 is 17.2 Å².